The van der Waals surface area contributed by atoms with Crippen LogP contribution in [0, 0.1) is 0 Å². The Kier molecular flexibility index (Phi) is 3.19. The summed E-state index contributed by atoms with van der Waals surface area (Å²) in [5, 5.41) is 13.3. The van der Waals surface area contributed by atoms with Gasteiger partial charge in [-0.1, -0.05) is 31.2 Å². The van der Waals surface area contributed by atoms with Crippen molar-refractivity contribution in [3.8, 4) is 11.1 Å². The van der Waals surface area contributed by atoms with E-state index in [1.54, 1.807) is 11.3 Å². The molecule has 2 rings (SSSR count). The highest BCUT2D eigenvalue weighted by atomic mass is 32.1. The minimum atomic E-state index is 0.206. The van der Waals surface area contributed by atoms with E-state index in [0.29, 0.717) is 0 Å². The van der Waals surface area contributed by atoms with Crippen LogP contribution < -0.4 is 0 Å². The summed E-state index contributed by atoms with van der Waals surface area (Å²) in [6.45, 7) is 2.23. The average molecular weight is 218 g/mol. The Balaban J connectivity index is 2.25. The summed E-state index contributed by atoms with van der Waals surface area (Å²) in [5.41, 5.74) is 3.70. The Morgan fingerprint density at radius 2 is 1.87 bits per heavy atom. The molecule has 0 unspecified atom stereocenters. The summed E-state index contributed by atoms with van der Waals surface area (Å²) < 4.78 is 0. The van der Waals surface area contributed by atoms with Crippen LogP contribution in [0.3, 0.4) is 0 Å². The molecule has 0 aliphatic heterocycles. The Labute approximate surface area is 94.0 Å². The molecule has 0 bridgehead atoms. The van der Waals surface area contributed by atoms with Crippen molar-refractivity contribution in [2.75, 3.05) is 6.61 Å². The minimum absolute atomic E-state index is 0.206. The molecule has 0 radical (unpaired) electrons. The molecule has 15 heavy (non-hydrogen) atoms. The van der Waals surface area contributed by atoms with Gasteiger partial charge in [0.1, 0.15) is 0 Å². The highest BCUT2D eigenvalue weighted by Gasteiger charge is 2.04. The summed E-state index contributed by atoms with van der Waals surface area (Å²) in [5.74, 6) is 0.224. The van der Waals surface area contributed by atoms with Gasteiger partial charge in [-0.15, -0.1) is 0 Å². The molecule has 0 amide bonds. The highest BCUT2D eigenvalue weighted by molar-refractivity contribution is 7.08. The number of benzene rings is 1. The zero-order valence-electron chi connectivity index (χ0n) is 8.68. The predicted molar refractivity (Wildman–Crippen MR) is 65.3 cm³/mol. The van der Waals surface area contributed by atoms with E-state index in [9.17, 15) is 0 Å². The van der Waals surface area contributed by atoms with E-state index >= 15 is 0 Å². The zero-order valence-corrected chi connectivity index (χ0v) is 9.50. The first-order chi connectivity index (χ1) is 7.31. The number of thiophene rings is 1. The monoisotopic (exact) mass is 218 g/mol. The van der Waals surface area contributed by atoms with Crippen LogP contribution in [0.5, 0.6) is 0 Å². The summed E-state index contributed by atoms with van der Waals surface area (Å²) in [6.07, 6.45) is 0. The van der Waals surface area contributed by atoms with Crippen molar-refractivity contribution in [3.63, 3.8) is 0 Å². The van der Waals surface area contributed by atoms with E-state index in [1.165, 1.54) is 16.7 Å². The second-order valence-corrected chi connectivity index (χ2v) is 4.50. The third-order valence-electron chi connectivity index (χ3n) is 2.61. The summed E-state index contributed by atoms with van der Waals surface area (Å²) >= 11 is 1.71. The van der Waals surface area contributed by atoms with E-state index in [-0.39, 0.29) is 12.5 Å². The number of hydrogen-bond donors (Lipinski definition) is 1. The lowest BCUT2D eigenvalue weighted by Crippen LogP contribution is -1.97. The SMILES string of the molecule is C[C@H](CO)c1ccc(-c2ccsc2)cc1. The van der Waals surface area contributed by atoms with E-state index in [0.717, 1.165) is 0 Å². The largest absolute Gasteiger partial charge is 0.396 e. The van der Waals surface area contributed by atoms with Gasteiger partial charge in [-0.2, -0.15) is 11.3 Å². The third-order valence-corrected chi connectivity index (χ3v) is 3.29. The average Bonchev–Trinajstić information content (AvgIpc) is 2.82. The summed E-state index contributed by atoms with van der Waals surface area (Å²) in [4.78, 5) is 0. The second-order valence-electron chi connectivity index (χ2n) is 3.72. The lowest BCUT2D eigenvalue weighted by atomic mass is 9.99. The molecule has 1 nitrogen and oxygen atoms in total. The van der Waals surface area contributed by atoms with Crippen LogP contribution in [0.25, 0.3) is 11.1 Å². The first-order valence-corrected chi connectivity index (χ1v) is 5.99. The molecule has 0 saturated carbocycles. The molecule has 1 heterocycles. The summed E-state index contributed by atoms with van der Waals surface area (Å²) in [6, 6.07) is 10.5. The number of rotatable bonds is 3. The van der Waals surface area contributed by atoms with Gasteiger partial charge < -0.3 is 5.11 Å². The maximum absolute atomic E-state index is 9.04. The van der Waals surface area contributed by atoms with Gasteiger partial charge in [-0.3, -0.25) is 0 Å². The topological polar surface area (TPSA) is 20.2 Å². The van der Waals surface area contributed by atoms with Gasteiger partial charge in [0.2, 0.25) is 0 Å². The number of aliphatic hydroxyl groups excluding tert-OH is 1. The van der Waals surface area contributed by atoms with Gasteiger partial charge in [0.15, 0.2) is 0 Å². The van der Waals surface area contributed by atoms with Crippen molar-refractivity contribution in [2.45, 2.75) is 12.8 Å². The van der Waals surface area contributed by atoms with Gasteiger partial charge in [0.25, 0.3) is 0 Å². The smallest absolute Gasteiger partial charge is 0.0497 e. The first kappa shape index (κ1) is 10.4. The summed E-state index contributed by atoms with van der Waals surface area (Å²) in [7, 11) is 0. The van der Waals surface area contributed by atoms with Crippen LogP contribution >= 0.6 is 11.3 Å². The molecule has 78 valence electrons. The first-order valence-electron chi connectivity index (χ1n) is 5.04. The maximum atomic E-state index is 9.04. The van der Waals surface area contributed by atoms with Gasteiger partial charge >= 0.3 is 0 Å². The van der Waals surface area contributed by atoms with E-state index in [2.05, 4.69) is 41.1 Å². The Hall–Kier alpha value is -1.12. The van der Waals surface area contributed by atoms with Crippen LogP contribution in [0.1, 0.15) is 18.4 Å². The second kappa shape index (κ2) is 4.60. The van der Waals surface area contributed by atoms with Crippen molar-refractivity contribution >= 4 is 11.3 Å². The van der Waals surface area contributed by atoms with Crippen LogP contribution in [0.4, 0.5) is 0 Å². The van der Waals surface area contributed by atoms with E-state index in [4.69, 9.17) is 5.11 Å². The molecule has 0 aliphatic rings. The molecule has 0 spiro atoms. The zero-order chi connectivity index (χ0) is 10.7. The maximum Gasteiger partial charge on any atom is 0.0497 e. The van der Waals surface area contributed by atoms with Crippen molar-refractivity contribution < 1.29 is 5.11 Å². The Bertz CT molecular complexity index is 403. The number of hydrogen-bond acceptors (Lipinski definition) is 2. The quantitative estimate of drug-likeness (QED) is 0.835. The van der Waals surface area contributed by atoms with Crippen LogP contribution in [-0.4, -0.2) is 11.7 Å². The van der Waals surface area contributed by atoms with Crippen LogP contribution in [-0.2, 0) is 0 Å². The molecule has 0 aliphatic carbocycles. The van der Waals surface area contributed by atoms with Crippen molar-refractivity contribution in [3.05, 3.63) is 46.7 Å². The normalized spacial score (nSPS) is 12.7. The van der Waals surface area contributed by atoms with Crippen LogP contribution in [0.15, 0.2) is 41.1 Å². The van der Waals surface area contributed by atoms with Crippen molar-refractivity contribution in [1.82, 2.24) is 0 Å². The molecule has 1 aromatic carbocycles. The minimum Gasteiger partial charge on any atom is -0.396 e. The molecule has 2 heteroatoms. The molecule has 2 aromatic rings. The molecule has 1 atom stereocenters. The van der Waals surface area contributed by atoms with Crippen molar-refractivity contribution in [2.24, 2.45) is 0 Å². The fraction of sp³-hybridized carbons (Fsp3) is 0.231. The van der Waals surface area contributed by atoms with Gasteiger partial charge in [-0.05, 0) is 33.5 Å². The lowest BCUT2D eigenvalue weighted by molar-refractivity contribution is 0.273. The fourth-order valence-electron chi connectivity index (χ4n) is 1.54. The standard InChI is InChI=1S/C13H14OS/c1-10(8-14)11-2-4-12(5-3-11)13-6-7-15-9-13/h2-7,9-10,14H,8H2,1H3/t10-/m1/s1. The molecule has 0 saturated heterocycles. The number of aliphatic hydroxyl groups is 1. The van der Waals surface area contributed by atoms with Gasteiger partial charge in [0.05, 0.1) is 0 Å². The Morgan fingerprint density at radius 1 is 1.13 bits per heavy atom. The highest BCUT2D eigenvalue weighted by Crippen LogP contribution is 2.24. The van der Waals surface area contributed by atoms with E-state index in [1.807, 2.05) is 6.92 Å². The predicted octanol–water partition coefficient (Wildman–Crippen LogP) is 3.51. The molecular formula is C13H14OS. The van der Waals surface area contributed by atoms with Crippen molar-refractivity contribution in [1.29, 1.82) is 0 Å². The van der Waals surface area contributed by atoms with Gasteiger partial charge in [0, 0.05) is 12.5 Å². The fourth-order valence-corrected chi connectivity index (χ4v) is 2.20. The molecule has 0 fully saturated rings. The third kappa shape index (κ3) is 2.28. The molecule has 1 aromatic heterocycles. The van der Waals surface area contributed by atoms with Crippen LogP contribution in [0.2, 0.25) is 0 Å². The lowest BCUT2D eigenvalue weighted by Gasteiger charge is -2.08. The molecular weight excluding hydrogens is 204 g/mol. The van der Waals surface area contributed by atoms with E-state index < -0.39 is 0 Å². The molecule has 1 N–H and O–H groups in total. The Morgan fingerprint density at radius 3 is 2.40 bits per heavy atom. The van der Waals surface area contributed by atoms with Gasteiger partial charge in [-0.25, -0.2) is 0 Å².